The fraction of sp³-hybridized carbons (Fsp3) is 0.278. The van der Waals surface area contributed by atoms with Crippen molar-refractivity contribution in [3.63, 3.8) is 0 Å². The first-order valence-electron chi connectivity index (χ1n) is 8.12. The van der Waals surface area contributed by atoms with Gasteiger partial charge < -0.3 is 9.84 Å². The highest BCUT2D eigenvalue weighted by atomic mass is 32.2. The second kappa shape index (κ2) is 9.07. The third kappa shape index (κ3) is 5.48. The van der Waals surface area contributed by atoms with E-state index in [9.17, 15) is 18.3 Å². The average molecular weight is 396 g/mol. The molecule has 2 aromatic rings. The minimum absolute atomic E-state index is 0.0604. The maximum Gasteiger partial charge on any atom is 0.335 e. The first kappa shape index (κ1) is 20.3. The van der Waals surface area contributed by atoms with Crippen LogP contribution in [0.15, 0.2) is 52.3 Å². The Morgan fingerprint density at radius 2 is 1.88 bits per heavy atom. The summed E-state index contributed by atoms with van der Waals surface area (Å²) in [7, 11) is -4.17. The highest BCUT2D eigenvalue weighted by molar-refractivity contribution is 7.99. The maximum atomic E-state index is 12.0. The van der Waals surface area contributed by atoms with Crippen LogP contribution in [-0.2, 0) is 10.0 Å². The molecule has 2 aromatic carbocycles. The summed E-state index contributed by atoms with van der Waals surface area (Å²) >= 11 is 1.36. The number of unbranched alkanes of at least 4 members (excludes halogenated alkanes) is 2. The van der Waals surface area contributed by atoms with Gasteiger partial charge in [-0.05, 0) is 36.4 Å². The number of carboxylic acids is 1. The van der Waals surface area contributed by atoms with Crippen LogP contribution in [0.3, 0.4) is 0 Å². The Labute approximate surface area is 157 Å². The number of nitrogens with two attached hydrogens (primary N) is 1. The Kier molecular flexibility index (Phi) is 7.07. The number of carbonyl (C=O) groups is 1. The molecular weight excluding hydrogens is 374 g/mol. The van der Waals surface area contributed by atoms with Crippen molar-refractivity contribution in [2.24, 2.45) is 5.14 Å². The van der Waals surface area contributed by atoms with Crippen molar-refractivity contribution < 1.29 is 23.1 Å². The predicted octanol–water partition coefficient (Wildman–Crippen LogP) is 4.11. The molecule has 0 bridgehead atoms. The average Bonchev–Trinajstić information content (AvgIpc) is 2.59. The van der Waals surface area contributed by atoms with Crippen LogP contribution in [0.4, 0.5) is 0 Å². The predicted molar refractivity (Wildman–Crippen MR) is 102 cm³/mol. The summed E-state index contributed by atoms with van der Waals surface area (Å²) in [6.45, 7) is 2.08. The van der Waals surface area contributed by atoms with E-state index >= 15 is 0 Å². The molecule has 0 aliphatic heterocycles. The highest BCUT2D eigenvalue weighted by Crippen LogP contribution is 2.39. The van der Waals surface area contributed by atoms with E-state index in [-0.39, 0.29) is 16.2 Å². The zero-order valence-corrected chi connectivity index (χ0v) is 16.0. The maximum absolute atomic E-state index is 12.0. The third-order valence-electron chi connectivity index (χ3n) is 3.54. The van der Waals surface area contributed by atoms with Crippen molar-refractivity contribution in [3.05, 3.63) is 48.0 Å². The minimum atomic E-state index is -4.17. The van der Waals surface area contributed by atoms with E-state index < -0.39 is 16.0 Å². The van der Waals surface area contributed by atoms with Crippen LogP contribution in [0, 0.1) is 0 Å². The highest BCUT2D eigenvalue weighted by Gasteiger charge is 2.23. The van der Waals surface area contributed by atoms with E-state index in [1.54, 1.807) is 30.3 Å². The van der Waals surface area contributed by atoms with Gasteiger partial charge in [-0.15, -0.1) is 11.8 Å². The Balaban J connectivity index is 2.53. The SMILES string of the molecule is CCCCCSc1cc(C(=O)O)cc(S(N)(=O)=O)c1Oc1ccccc1. The van der Waals surface area contributed by atoms with E-state index in [0.717, 1.165) is 25.3 Å². The molecule has 26 heavy (non-hydrogen) atoms. The topological polar surface area (TPSA) is 107 Å². The standard InChI is InChI=1S/C18H21NO5S2/c1-2-3-7-10-25-15-11-13(18(20)21)12-16(26(19,22)23)17(15)24-14-8-5-4-6-9-14/h4-6,8-9,11-12H,2-3,7,10H2,1H3,(H,20,21)(H2,19,22,23). The summed E-state index contributed by atoms with van der Waals surface area (Å²) in [6.07, 6.45) is 3.00. The van der Waals surface area contributed by atoms with Gasteiger partial charge in [0.1, 0.15) is 10.6 Å². The quantitative estimate of drug-likeness (QED) is 0.489. The monoisotopic (exact) mass is 395 g/mol. The van der Waals surface area contributed by atoms with Gasteiger partial charge in [0.25, 0.3) is 0 Å². The van der Waals surface area contributed by atoms with Crippen LogP contribution in [-0.4, -0.2) is 25.2 Å². The fourth-order valence-electron chi connectivity index (χ4n) is 2.26. The lowest BCUT2D eigenvalue weighted by Gasteiger charge is -2.15. The van der Waals surface area contributed by atoms with Gasteiger partial charge in [0.2, 0.25) is 10.0 Å². The molecule has 0 saturated heterocycles. The number of hydrogen-bond acceptors (Lipinski definition) is 5. The number of aromatic carboxylic acids is 1. The first-order chi connectivity index (χ1) is 12.3. The molecule has 0 radical (unpaired) electrons. The number of sulfonamides is 1. The number of hydrogen-bond donors (Lipinski definition) is 2. The van der Waals surface area contributed by atoms with Gasteiger partial charge >= 0.3 is 5.97 Å². The molecule has 0 fully saturated rings. The summed E-state index contributed by atoms with van der Waals surface area (Å²) in [6, 6.07) is 11.1. The summed E-state index contributed by atoms with van der Waals surface area (Å²) in [5.41, 5.74) is -0.146. The van der Waals surface area contributed by atoms with Gasteiger partial charge in [0.15, 0.2) is 5.75 Å². The number of thioether (sulfide) groups is 1. The Morgan fingerprint density at radius 1 is 1.19 bits per heavy atom. The molecule has 6 nitrogen and oxygen atoms in total. The number of ether oxygens (including phenoxy) is 1. The van der Waals surface area contributed by atoms with Gasteiger partial charge in [-0.3, -0.25) is 0 Å². The van der Waals surface area contributed by atoms with Crippen molar-refractivity contribution >= 4 is 27.8 Å². The number of carboxylic acid groups (broad SMARTS) is 1. The van der Waals surface area contributed by atoms with E-state index in [4.69, 9.17) is 9.88 Å². The molecule has 0 heterocycles. The van der Waals surface area contributed by atoms with Crippen molar-refractivity contribution in [2.75, 3.05) is 5.75 Å². The number of primary sulfonamides is 1. The van der Waals surface area contributed by atoms with Crippen LogP contribution in [0.2, 0.25) is 0 Å². The van der Waals surface area contributed by atoms with Gasteiger partial charge in [-0.25, -0.2) is 18.4 Å². The normalized spacial score (nSPS) is 11.3. The van der Waals surface area contributed by atoms with Gasteiger partial charge in [-0.2, -0.15) is 0 Å². The number of benzene rings is 2. The van der Waals surface area contributed by atoms with Crippen LogP contribution in [0.1, 0.15) is 36.5 Å². The van der Waals surface area contributed by atoms with Crippen molar-refractivity contribution in [1.82, 2.24) is 0 Å². The van der Waals surface area contributed by atoms with Crippen LogP contribution >= 0.6 is 11.8 Å². The molecule has 0 aromatic heterocycles. The molecule has 0 aliphatic rings. The summed E-state index contributed by atoms with van der Waals surface area (Å²) in [5.74, 6) is -0.00999. The first-order valence-corrected chi connectivity index (χ1v) is 10.7. The van der Waals surface area contributed by atoms with Crippen molar-refractivity contribution in [3.8, 4) is 11.5 Å². The van der Waals surface area contributed by atoms with Crippen molar-refractivity contribution in [1.29, 1.82) is 0 Å². The van der Waals surface area contributed by atoms with Gasteiger partial charge in [-0.1, -0.05) is 38.0 Å². The Bertz CT molecular complexity index is 867. The summed E-state index contributed by atoms with van der Waals surface area (Å²) in [5, 5.41) is 14.6. The molecule has 0 unspecified atom stereocenters. The molecule has 0 amide bonds. The molecule has 140 valence electrons. The van der Waals surface area contributed by atoms with E-state index in [0.29, 0.717) is 16.4 Å². The van der Waals surface area contributed by atoms with Crippen LogP contribution in [0.25, 0.3) is 0 Å². The second-order valence-electron chi connectivity index (χ2n) is 5.62. The third-order valence-corrected chi connectivity index (χ3v) is 5.57. The minimum Gasteiger partial charge on any atom is -0.478 e. The molecule has 8 heteroatoms. The second-order valence-corrected chi connectivity index (χ2v) is 8.29. The smallest absolute Gasteiger partial charge is 0.335 e. The van der Waals surface area contributed by atoms with Crippen LogP contribution < -0.4 is 9.88 Å². The molecular formula is C18H21NO5S2. The summed E-state index contributed by atoms with van der Waals surface area (Å²) < 4.78 is 29.9. The lowest BCUT2D eigenvalue weighted by atomic mass is 10.2. The molecule has 3 N–H and O–H groups in total. The lowest BCUT2D eigenvalue weighted by molar-refractivity contribution is 0.0696. The molecule has 0 spiro atoms. The Morgan fingerprint density at radius 3 is 2.46 bits per heavy atom. The van der Waals surface area contributed by atoms with E-state index in [2.05, 4.69) is 6.92 Å². The van der Waals surface area contributed by atoms with Gasteiger partial charge in [0, 0.05) is 0 Å². The van der Waals surface area contributed by atoms with Crippen LogP contribution in [0.5, 0.6) is 11.5 Å². The van der Waals surface area contributed by atoms with Gasteiger partial charge in [0.05, 0.1) is 10.5 Å². The largest absolute Gasteiger partial charge is 0.478 e. The molecule has 2 rings (SSSR count). The zero-order chi connectivity index (χ0) is 19.2. The zero-order valence-electron chi connectivity index (χ0n) is 14.3. The summed E-state index contributed by atoms with van der Waals surface area (Å²) in [4.78, 5) is 11.5. The van der Waals surface area contributed by atoms with E-state index in [1.807, 2.05) is 0 Å². The van der Waals surface area contributed by atoms with Crippen molar-refractivity contribution in [2.45, 2.75) is 36.0 Å². The Hall–Kier alpha value is -2.03. The molecule has 0 atom stereocenters. The number of para-hydroxylation sites is 1. The fourth-order valence-corrected chi connectivity index (χ4v) is 4.09. The molecule has 0 saturated carbocycles. The van der Waals surface area contributed by atoms with E-state index in [1.165, 1.54) is 17.8 Å². The molecule has 0 aliphatic carbocycles. The lowest BCUT2D eigenvalue weighted by Crippen LogP contribution is -2.15. The number of rotatable bonds is 9.